The van der Waals surface area contributed by atoms with Crippen LogP contribution in [-0.2, 0) is 11.3 Å². The van der Waals surface area contributed by atoms with Crippen LogP contribution in [0.1, 0.15) is 12.1 Å². The SMILES string of the molecule is NC(CNCc1ccccn1)CC(=O)O. The van der Waals surface area contributed by atoms with E-state index in [-0.39, 0.29) is 12.5 Å². The van der Waals surface area contributed by atoms with E-state index in [1.807, 2.05) is 18.2 Å². The van der Waals surface area contributed by atoms with E-state index in [4.69, 9.17) is 10.8 Å². The topological polar surface area (TPSA) is 88.2 Å². The monoisotopic (exact) mass is 209 g/mol. The number of carbonyl (C=O) groups is 1. The lowest BCUT2D eigenvalue weighted by molar-refractivity contribution is -0.137. The lowest BCUT2D eigenvalue weighted by atomic mass is 10.2. The van der Waals surface area contributed by atoms with Gasteiger partial charge in [-0.15, -0.1) is 0 Å². The lowest BCUT2D eigenvalue weighted by Gasteiger charge is -2.09. The maximum Gasteiger partial charge on any atom is 0.304 e. The third-order valence-corrected chi connectivity index (χ3v) is 1.88. The summed E-state index contributed by atoms with van der Waals surface area (Å²) < 4.78 is 0. The molecule has 15 heavy (non-hydrogen) atoms. The fourth-order valence-electron chi connectivity index (χ4n) is 1.18. The third-order valence-electron chi connectivity index (χ3n) is 1.88. The molecule has 0 aliphatic rings. The molecule has 0 fully saturated rings. The fraction of sp³-hybridized carbons (Fsp3) is 0.400. The molecule has 1 aromatic rings. The number of nitrogens with zero attached hydrogens (tertiary/aromatic N) is 1. The lowest BCUT2D eigenvalue weighted by Crippen LogP contribution is -2.35. The zero-order valence-corrected chi connectivity index (χ0v) is 8.39. The highest BCUT2D eigenvalue weighted by molar-refractivity contribution is 5.67. The molecule has 4 N–H and O–H groups in total. The van der Waals surface area contributed by atoms with Crippen LogP contribution in [0, 0.1) is 0 Å². The smallest absolute Gasteiger partial charge is 0.304 e. The van der Waals surface area contributed by atoms with Gasteiger partial charge in [0.1, 0.15) is 0 Å². The van der Waals surface area contributed by atoms with Gasteiger partial charge in [-0.1, -0.05) is 6.07 Å². The summed E-state index contributed by atoms with van der Waals surface area (Å²) in [6.07, 6.45) is 1.70. The van der Waals surface area contributed by atoms with Gasteiger partial charge in [0.05, 0.1) is 12.1 Å². The van der Waals surface area contributed by atoms with Crippen LogP contribution in [0.25, 0.3) is 0 Å². The van der Waals surface area contributed by atoms with Crippen LogP contribution in [0.5, 0.6) is 0 Å². The first-order valence-corrected chi connectivity index (χ1v) is 4.76. The van der Waals surface area contributed by atoms with E-state index in [1.165, 1.54) is 0 Å². The maximum absolute atomic E-state index is 10.3. The first-order valence-electron chi connectivity index (χ1n) is 4.76. The summed E-state index contributed by atoms with van der Waals surface area (Å²) in [7, 11) is 0. The molecule has 5 nitrogen and oxygen atoms in total. The quantitative estimate of drug-likeness (QED) is 0.612. The van der Waals surface area contributed by atoms with Crippen molar-refractivity contribution in [1.82, 2.24) is 10.3 Å². The Morgan fingerprint density at radius 2 is 2.40 bits per heavy atom. The molecule has 1 aromatic heterocycles. The van der Waals surface area contributed by atoms with Crippen LogP contribution in [0.4, 0.5) is 0 Å². The van der Waals surface area contributed by atoms with Gasteiger partial charge in [-0.25, -0.2) is 0 Å². The second-order valence-electron chi connectivity index (χ2n) is 3.31. The minimum absolute atomic E-state index is 0.0186. The van der Waals surface area contributed by atoms with Crippen LogP contribution in [0.15, 0.2) is 24.4 Å². The molecule has 0 amide bonds. The second kappa shape index (κ2) is 6.10. The van der Waals surface area contributed by atoms with Crippen molar-refractivity contribution in [2.45, 2.75) is 19.0 Å². The first kappa shape index (κ1) is 11.6. The van der Waals surface area contributed by atoms with E-state index in [0.29, 0.717) is 13.1 Å². The van der Waals surface area contributed by atoms with E-state index in [2.05, 4.69) is 10.3 Å². The largest absolute Gasteiger partial charge is 0.481 e. The number of pyridine rings is 1. The summed E-state index contributed by atoms with van der Waals surface area (Å²) in [5.41, 5.74) is 6.49. The number of nitrogens with two attached hydrogens (primary N) is 1. The fourth-order valence-corrected chi connectivity index (χ4v) is 1.18. The Kier molecular flexibility index (Phi) is 4.73. The Morgan fingerprint density at radius 3 is 3.00 bits per heavy atom. The molecule has 1 unspecified atom stereocenters. The number of nitrogens with one attached hydrogen (secondary N) is 1. The van der Waals surface area contributed by atoms with Crippen molar-refractivity contribution in [2.75, 3.05) is 6.54 Å². The van der Waals surface area contributed by atoms with E-state index in [1.54, 1.807) is 6.20 Å². The van der Waals surface area contributed by atoms with Crippen molar-refractivity contribution >= 4 is 5.97 Å². The number of aromatic nitrogens is 1. The molecule has 0 radical (unpaired) electrons. The normalized spacial score (nSPS) is 12.3. The number of hydrogen-bond acceptors (Lipinski definition) is 4. The van der Waals surface area contributed by atoms with E-state index in [0.717, 1.165) is 5.69 Å². The predicted molar refractivity (Wildman–Crippen MR) is 56.2 cm³/mol. The van der Waals surface area contributed by atoms with E-state index >= 15 is 0 Å². The number of rotatable bonds is 6. The molecule has 0 aliphatic carbocycles. The molecule has 1 atom stereocenters. The second-order valence-corrected chi connectivity index (χ2v) is 3.31. The number of carboxylic acids is 1. The van der Waals surface area contributed by atoms with Gasteiger partial charge in [0.15, 0.2) is 0 Å². The molecule has 0 aromatic carbocycles. The van der Waals surface area contributed by atoms with Crippen molar-refractivity contribution < 1.29 is 9.90 Å². The van der Waals surface area contributed by atoms with Gasteiger partial charge in [0, 0.05) is 25.3 Å². The van der Waals surface area contributed by atoms with Crippen LogP contribution in [0.3, 0.4) is 0 Å². The van der Waals surface area contributed by atoms with Gasteiger partial charge < -0.3 is 16.2 Å². The number of hydrogen-bond donors (Lipinski definition) is 3. The number of carboxylic acid groups (broad SMARTS) is 1. The molecule has 0 saturated carbocycles. The first-order chi connectivity index (χ1) is 7.18. The Labute approximate surface area is 88.3 Å². The molecular formula is C10H15N3O2. The molecule has 0 bridgehead atoms. The Hall–Kier alpha value is -1.46. The summed E-state index contributed by atoms with van der Waals surface area (Å²) in [6.45, 7) is 1.08. The maximum atomic E-state index is 10.3. The van der Waals surface area contributed by atoms with Gasteiger partial charge in [-0.2, -0.15) is 0 Å². The molecule has 82 valence electrons. The zero-order valence-electron chi connectivity index (χ0n) is 8.39. The highest BCUT2D eigenvalue weighted by Gasteiger charge is 2.06. The summed E-state index contributed by atoms with van der Waals surface area (Å²) in [5.74, 6) is -0.873. The van der Waals surface area contributed by atoms with E-state index < -0.39 is 5.97 Å². The minimum Gasteiger partial charge on any atom is -0.481 e. The average molecular weight is 209 g/mol. The Morgan fingerprint density at radius 1 is 1.60 bits per heavy atom. The van der Waals surface area contributed by atoms with Crippen molar-refractivity contribution in [3.8, 4) is 0 Å². The van der Waals surface area contributed by atoms with Gasteiger partial charge in [0.25, 0.3) is 0 Å². The summed E-state index contributed by atoms with van der Waals surface area (Å²) in [6, 6.07) is 5.29. The Bertz CT molecular complexity index is 303. The molecule has 0 spiro atoms. The third kappa shape index (κ3) is 5.09. The van der Waals surface area contributed by atoms with Gasteiger partial charge >= 0.3 is 5.97 Å². The zero-order chi connectivity index (χ0) is 11.1. The molecule has 0 aliphatic heterocycles. The summed E-state index contributed by atoms with van der Waals surface area (Å²) in [5, 5.41) is 11.5. The van der Waals surface area contributed by atoms with Crippen molar-refractivity contribution in [1.29, 1.82) is 0 Å². The highest BCUT2D eigenvalue weighted by atomic mass is 16.4. The van der Waals surface area contributed by atoms with Gasteiger partial charge in [-0.3, -0.25) is 9.78 Å². The standard InChI is InChI=1S/C10H15N3O2/c11-8(5-10(14)15)6-12-7-9-3-1-2-4-13-9/h1-4,8,12H,5-7,11H2,(H,14,15). The van der Waals surface area contributed by atoms with Gasteiger partial charge in [0.2, 0.25) is 0 Å². The number of aliphatic carboxylic acids is 1. The molecular weight excluding hydrogens is 194 g/mol. The minimum atomic E-state index is -0.873. The van der Waals surface area contributed by atoms with Crippen molar-refractivity contribution in [2.24, 2.45) is 5.73 Å². The van der Waals surface area contributed by atoms with E-state index in [9.17, 15) is 4.79 Å². The van der Waals surface area contributed by atoms with Gasteiger partial charge in [-0.05, 0) is 12.1 Å². The van der Waals surface area contributed by atoms with Crippen LogP contribution < -0.4 is 11.1 Å². The molecule has 0 saturated heterocycles. The highest BCUT2D eigenvalue weighted by Crippen LogP contribution is 1.92. The van der Waals surface area contributed by atoms with Crippen LogP contribution in [0.2, 0.25) is 0 Å². The van der Waals surface area contributed by atoms with Crippen molar-refractivity contribution in [3.63, 3.8) is 0 Å². The van der Waals surface area contributed by atoms with Crippen LogP contribution >= 0.6 is 0 Å². The molecule has 5 heteroatoms. The summed E-state index contributed by atoms with van der Waals surface area (Å²) in [4.78, 5) is 14.4. The average Bonchev–Trinajstić information content (AvgIpc) is 2.18. The molecule has 1 rings (SSSR count). The van der Waals surface area contributed by atoms with Crippen molar-refractivity contribution in [3.05, 3.63) is 30.1 Å². The van der Waals surface area contributed by atoms with Crippen LogP contribution in [-0.4, -0.2) is 28.6 Å². The Balaban J connectivity index is 2.19. The molecule has 1 heterocycles. The summed E-state index contributed by atoms with van der Waals surface area (Å²) >= 11 is 0. The predicted octanol–water partition coefficient (Wildman–Crippen LogP) is -0.0268.